The quantitative estimate of drug-likeness (QED) is 0.0562. The fraction of sp³-hybridized carbons (Fsp3) is 0.190. The van der Waals surface area contributed by atoms with Gasteiger partial charge in [-0.05, 0) is 204 Å². The summed E-state index contributed by atoms with van der Waals surface area (Å²) in [4.78, 5) is 67.6. The molecule has 0 saturated carbocycles. The fourth-order valence-electron chi connectivity index (χ4n) is 13.0. The number of aromatic amines is 3. The molecule has 0 fully saturated rings. The number of amides is 2. The summed E-state index contributed by atoms with van der Waals surface area (Å²) in [5.41, 5.74) is 10.9. The number of benzene rings is 6. The van der Waals surface area contributed by atoms with E-state index in [1.807, 2.05) is 109 Å². The number of anilines is 3. The molecule has 0 saturated heterocycles. The van der Waals surface area contributed by atoms with Crippen LogP contribution in [-0.4, -0.2) is 71.2 Å². The summed E-state index contributed by atoms with van der Waals surface area (Å²) in [7, 11) is 1.95. The Morgan fingerprint density at radius 1 is 0.441 bits per heavy atom. The number of rotatable bonds is 14. The zero-order valence-corrected chi connectivity index (χ0v) is 66.4. The van der Waals surface area contributed by atoms with Crippen LogP contribution in [0.3, 0.4) is 0 Å². The predicted molar refractivity (Wildman–Crippen MR) is 434 cm³/mol. The second-order valence-corrected chi connectivity index (χ2v) is 29.7. The van der Waals surface area contributed by atoms with Crippen LogP contribution in [0.1, 0.15) is 107 Å². The highest BCUT2D eigenvalue weighted by Crippen LogP contribution is 2.42. The van der Waals surface area contributed by atoms with Crippen LogP contribution in [0.4, 0.5) is 69.1 Å². The minimum atomic E-state index is -4.57. The number of fused-ring (bicyclic) bond motifs is 4. The normalized spacial score (nSPS) is 12.3. The molecule has 0 aliphatic heterocycles. The Morgan fingerprint density at radius 2 is 0.864 bits per heavy atom. The Hall–Kier alpha value is -11.7. The van der Waals surface area contributed by atoms with Gasteiger partial charge in [-0.25, -0.2) is 39.9 Å². The molecule has 6 aromatic carbocycles. The highest BCUT2D eigenvalue weighted by Gasteiger charge is 2.36. The van der Waals surface area contributed by atoms with Gasteiger partial charge in [-0.3, -0.25) is 9.59 Å². The molecule has 16 rings (SSSR count). The number of carbonyl (C=O) groups excluding carboxylic acids is 2. The Labute approximate surface area is 688 Å². The van der Waals surface area contributed by atoms with E-state index in [1.54, 1.807) is 49.6 Å². The number of imidazole rings is 4. The molecule has 118 heavy (non-hydrogen) atoms. The van der Waals surface area contributed by atoms with Crippen LogP contribution >= 0.6 is 57.7 Å². The molecular weight excluding hydrogens is 1650 g/mol. The van der Waals surface area contributed by atoms with Crippen LogP contribution < -0.4 is 16.0 Å². The Balaban J connectivity index is 0.000000136. The van der Waals surface area contributed by atoms with E-state index in [-0.39, 0.29) is 22.5 Å². The maximum atomic E-state index is 12.8. The van der Waals surface area contributed by atoms with Gasteiger partial charge in [0.05, 0.1) is 81.4 Å². The topological polar surface area (TPSA) is 226 Å². The van der Waals surface area contributed by atoms with Gasteiger partial charge in [0.1, 0.15) is 51.1 Å². The smallest absolute Gasteiger partial charge is 0.381 e. The molecule has 1 aliphatic carbocycles. The molecular formula is C84H65Cl4F12N15O2S. The van der Waals surface area contributed by atoms with Crippen LogP contribution in [0.25, 0.3) is 78.7 Å². The lowest BCUT2D eigenvalue weighted by Gasteiger charge is -2.13. The number of alkyl halides is 12. The number of H-pyrrole nitrogens is 3. The van der Waals surface area contributed by atoms with Crippen LogP contribution in [-0.2, 0) is 64.0 Å². The number of nitrogens with one attached hydrogen (secondary N) is 6. The third-order valence-electron chi connectivity index (χ3n) is 19.1. The molecule has 1 aliphatic rings. The number of thiophene rings is 1. The molecule has 15 aromatic rings. The first kappa shape index (κ1) is 84.2. The van der Waals surface area contributed by atoms with E-state index in [0.717, 1.165) is 135 Å². The van der Waals surface area contributed by atoms with Gasteiger partial charge in [0.25, 0.3) is 11.8 Å². The number of hydrogen-bond donors (Lipinski definition) is 6. The third kappa shape index (κ3) is 19.6. The van der Waals surface area contributed by atoms with E-state index < -0.39 is 59.3 Å². The molecule has 0 atom stereocenters. The number of aromatic nitrogens is 12. The zero-order valence-electron chi connectivity index (χ0n) is 62.6. The molecule has 0 unspecified atom stereocenters. The van der Waals surface area contributed by atoms with Gasteiger partial charge in [0, 0.05) is 69.7 Å². The van der Waals surface area contributed by atoms with E-state index in [0.29, 0.717) is 95.7 Å². The largest absolute Gasteiger partial charge is 0.433 e. The molecule has 0 radical (unpaired) electrons. The van der Waals surface area contributed by atoms with Crippen molar-refractivity contribution in [2.24, 2.45) is 7.05 Å². The van der Waals surface area contributed by atoms with Crippen LogP contribution in [0.5, 0.6) is 0 Å². The number of carbonyl (C=O) groups is 2. The van der Waals surface area contributed by atoms with Crippen LogP contribution in [0, 0.1) is 27.7 Å². The summed E-state index contributed by atoms with van der Waals surface area (Å²) < 4.78 is 155. The van der Waals surface area contributed by atoms with Gasteiger partial charge in [0.2, 0.25) is 0 Å². The molecule has 2 amide bonds. The lowest BCUT2D eigenvalue weighted by atomic mass is 10.0. The predicted octanol–water partition coefficient (Wildman–Crippen LogP) is 24.1. The molecule has 6 N–H and O–H groups in total. The van der Waals surface area contributed by atoms with Crippen molar-refractivity contribution in [1.29, 1.82) is 0 Å². The summed E-state index contributed by atoms with van der Waals surface area (Å²) >= 11 is 26.8. The van der Waals surface area contributed by atoms with E-state index in [1.165, 1.54) is 43.0 Å². The molecule has 34 heteroatoms. The second-order valence-electron chi connectivity index (χ2n) is 27.2. The average molecular weight is 1720 g/mol. The SMILES string of the molecule is Cc1nc(C(F)(F)F)ccc1C(=O)Nc1ccc(Cl)c(-c2nc3c(n2C)CCCC3)c1.Cc1nc(C(F)(F)F)ccc1C(=O)Nc1scc(-c2nc3ccccc3[nH]2)c1Cl.Cc1nc(C(F)(F)F)ccc1CCc1ccc(Cl)c(-c2nc3ccccc3[nH]2)c1.Cc1nc(C(F)(F)F)ccc1CNc1ccc(Cl)c(-c2nc3ccccc3[nH]2)c1. The molecule has 606 valence electrons. The Morgan fingerprint density at radius 3 is 1.35 bits per heavy atom. The number of para-hydroxylation sites is 6. The monoisotopic (exact) mass is 1720 g/mol. The van der Waals surface area contributed by atoms with Gasteiger partial charge < -0.3 is 35.5 Å². The van der Waals surface area contributed by atoms with E-state index in [4.69, 9.17) is 51.4 Å². The maximum Gasteiger partial charge on any atom is 0.433 e. The summed E-state index contributed by atoms with van der Waals surface area (Å²) in [5, 5.41) is 12.6. The van der Waals surface area contributed by atoms with Crippen molar-refractivity contribution in [2.75, 3.05) is 16.0 Å². The van der Waals surface area contributed by atoms with Crippen molar-refractivity contribution < 1.29 is 62.3 Å². The first-order chi connectivity index (χ1) is 56.0. The van der Waals surface area contributed by atoms with Crippen molar-refractivity contribution in [3.05, 3.63) is 286 Å². The Bertz CT molecular complexity index is 5980. The summed E-state index contributed by atoms with van der Waals surface area (Å²) in [6, 6.07) is 47.8. The van der Waals surface area contributed by atoms with Gasteiger partial charge >= 0.3 is 24.7 Å². The van der Waals surface area contributed by atoms with Crippen molar-refractivity contribution in [1.82, 2.24) is 59.4 Å². The Kier molecular flexibility index (Phi) is 24.9. The minimum absolute atomic E-state index is 0.00158. The average Bonchev–Trinajstić information content (AvgIpc) is 1.62. The van der Waals surface area contributed by atoms with E-state index >= 15 is 0 Å². The highest BCUT2D eigenvalue weighted by molar-refractivity contribution is 7.15. The summed E-state index contributed by atoms with van der Waals surface area (Å²) in [6.07, 6.45) is -12.7. The second kappa shape index (κ2) is 34.8. The summed E-state index contributed by atoms with van der Waals surface area (Å²) in [6.45, 7) is 6.22. The lowest BCUT2D eigenvalue weighted by molar-refractivity contribution is -0.142. The summed E-state index contributed by atoms with van der Waals surface area (Å²) in [5.74, 6) is 1.47. The van der Waals surface area contributed by atoms with Gasteiger partial charge in [-0.15, -0.1) is 11.3 Å². The van der Waals surface area contributed by atoms with Gasteiger partial charge in [-0.2, -0.15) is 52.7 Å². The number of halogens is 16. The number of hydrogen-bond acceptors (Lipinski definition) is 12. The minimum Gasteiger partial charge on any atom is -0.381 e. The number of aryl methyl sites for hydroxylation is 7. The van der Waals surface area contributed by atoms with Gasteiger partial charge in [0.15, 0.2) is 0 Å². The van der Waals surface area contributed by atoms with Crippen molar-refractivity contribution in [2.45, 2.75) is 97.5 Å². The first-order valence-corrected chi connectivity index (χ1v) is 38.5. The van der Waals surface area contributed by atoms with E-state index in [9.17, 15) is 62.3 Å². The molecule has 9 aromatic heterocycles. The molecule has 9 heterocycles. The lowest BCUT2D eigenvalue weighted by Crippen LogP contribution is -2.16. The molecule has 17 nitrogen and oxygen atoms in total. The van der Waals surface area contributed by atoms with Crippen LogP contribution in [0.2, 0.25) is 20.1 Å². The standard InChI is InChI=1S/C22H20ClF3N4O.C22H17ClF3N3.C21H16ClF3N4.C19H12ClF3N4OS/c1-12-14(8-10-19(27-12)22(24,25)26)21(31)28-13-7-9-16(23)15(11-13)20-29-17-5-3-4-6-18(17)30(20)2;1-13-15(9-11-20(27-13)22(24,25)26)8-6-14-7-10-17(23)16(12-14)21-28-18-4-2-3-5-19(18)29-21;1-12-13(6-9-19(27-12)21(23,24)25)11-26-14-7-8-16(22)15(10-14)20-28-17-4-2-3-5-18(17)29-20;1-9-10(6-7-14(24-9)19(21,22)23)17(28)27-18-15(20)11(8-29-18)16-25-12-4-2-3-5-13(12)26-16/h7-11H,3-6H2,1-2H3,(H,28,31);2-5,7,9-12H,6,8H2,1H3,(H,28,29);2-10,26H,11H2,1H3,(H,28,29);2-8H,1H3,(H,25,26)(H,27,28). The number of nitrogens with zero attached hydrogens (tertiary/aromatic N) is 9. The highest BCUT2D eigenvalue weighted by atomic mass is 35.5. The van der Waals surface area contributed by atoms with Crippen molar-refractivity contribution >= 4 is 119 Å². The fourth-order valence-corrected chi connectivity index (χ4v) is 14.8. The molecule has 0 bridgehead atoms. The molecule has 0 spiro atoms. The van der Waals surface area contributed by atoms with Gasteiger partial charge in [-0.1, -0.05) is 101 Å². The zero-order chi connectivity index (χ0) is 84.3. The van der Waals surface area contributed by atoms with Crippen molar-refractivity contribution in [3.8, 4) is 45.6 Å². The van der Waals surface area contributed by atoms with Crippen LogP contribution in [0.15, 0.2) is 181 Å². The number of pyridine rings is 4. The maximum absolute atomic E-state index is 12.8. The van der Waals surface area contributed by atoms with Crippen molar-refractivity contribution in [3.63, 3.8) is 0 Å². The first-order valence-electron chi connectivity index (χ1n) is 36.1. The van der Waals surface area contributed by atoms with E-state index in [2.05, 4.69) is 65.8 Å². The third-order valence-corrected chi connectivity index (χ3v) is 21.5.